The molecule has 0 bridgehead atoms. The molecule has 4 aromatic rings. The van der Waals surface area contributed by atoms with Crippen molar-refractivity contribution in [1.29, 1.82) is 0 Å². The largest absolute Gasteiger partial charge is 0.355 e. The van der Waals surface area contributed by atoms with Crippen molar-refractivity contribution in [3.8, 4) is 11.3 Å². The third-order valence-electron chi connectivity index (χ3n) is 3.98. The highest BCUT2D eigenvalue weighted by Crippen LogP contribution is 2.28. The van der Waals surface area contributed by atoms with Gasteiger partial charge in [0, 0.05) is 12.6 Å². The standard InChI is InChI=1S/C20H15N3O2/c1-23-20(24)19-17(18(21-23)15-10-6-3-7-11-15)16(25-22-19)13-12-14-8-4-2-5-9-14/h2-13H,1H3/b13-12+. The van der Waals surface area contributed by atoms with Crippen LogP contribution in [0.1, 0.15) is 11.3 Å². The average Bonchev–Trinajstić information content (AvgIpc) is 3.09. The number of nitrogens with zero attached hydrogens (tertiary/aromatic N) is 3. The van der Waals surface area contributed by atoms with Gasteiger partial charge >= 0.3 is 0 Å². The molecule has 0 aliphatic heterocycles. The Morgan fingerprint density at radius 1 is 0.960 bits per heavy atom. The molecular weight excluding hydrogens is 314 g/mol. The number of benzene rings is 2. The zero-order valence-electron chi connectivity index (χ0n) is 13.6. The molecule has 0 saturated carbocycles. The first-order chi connectivity index (χ1) is 12.2. The third-order valence-corrected chi connectivity index (χ3v) is 3.98. The molecule has 2 aromatic heterocycles. The lowest BCUT2D eigenvalue weighted by Crippen LogP contribution is -2.20. The van der Waals surface area contributed by atoms with Crippen molar-refractivity contribution < 1.29 is 4.52 Å². The van der Waals surface area contributed by atoms with Crippen LogP contribution in [-0.2, 0) is 7.05 Å². The Bertz CT molecular complexity index is 1110. The lowest BCUT2D eigenvalue weighted by atomic mass is 10.1. The van der Waals surface area contributed by atoms with Crippen LogP contribution in [0.15, 0.2) is 70.0 Å². The van der Waals surface area contributed by atoms with E-state index in [4.69, 9.17) is 4.52 Å². The fraction of sp³-hybridized carbons (Fsp3) is 0.0500. The van der Waals surface area contributed by atoms with E-state index in [-0.39, 0.29) is 11.1 Å². The molecule has 4 rings (SSSR count). The predicted molar refractivity (Wildman–Crippen MR) is 97.9 cm³/mol. The smallest absolute Gasteiger partial charge is 0.296 e. The Balaban J connectivity index is 1.93. The fourth-order valence-corrected chi connectivity index (χ4v) is 2.72. The summed E-state index contributed by atoms with van der Waals surface area (Å²) in [6, 6.07) is 19.6. The predicted octanol–water partition coefficient (Wildman–Crippen LogP) is 3.76. The van der Waals surface area contributed by atoms with Gasteiger partial charge in [-0.15, -0.1) is 0 Å². The van der Waals surface area contributed by atoms with E-state index in [1.165, 1.54) is 4.68 Å². The molecule has 0 aliphatic carbocycles. The number of fused-ring (bicyclic) bond motifs is 1. The molecule has 0 saturated heterocycles. The van der Waals surface area contributed by atoms with Gasteiger partial charge in [0.15, 0.2) is 11.3 Å². The van der Waals surface area contributed by atoms with Crippen molar-refractivity contribution in [3.05, 3.63) is 82.3 Å². The summed E-state index contributed by atoms with van der Waals surface area (Å²) in [6.07, 6.45) is 3.74. The van der Waals surface area contributed by atoms with Gasteiger partial charge in [-0.3, -0.25) is 4.79 Å². The van der Waals surface area contributed by atoms with Crippen LogP contribution in [0.3, 0.4) is 0 Å². The summed E-state index contributed by atoms with van der Waals surface area (Å²) in [5.41, 5.74) is 2.61. The lowest BCUT2D eigenvalue weighted by molar-refractivity contribution is 0.420. The Hall–Kier alpha value is -3.47. The zero-order valence-corrected chi connectivity index (χ0v) is 13.6. The minimum absolute atomic E-state index is 0.280. The van der Waals surface area contributed by atoms with Crippen molar-refractivity contribution >= 4 is 23.1 Å². The van der Waals surface area contributed by atoms with E-state index in [1.54, 1.807) is 7.05 Å². The van der Waals surface area contributed by atoms with Crippen LogP contribution >= 0.6 is 0 Å². The van der Waals surface area contributed by atoms with E-state index < -0.39 is 0 Å². The van der Waals surface area contributed by atoms with Crippen LogP contribution in [-0.4, -0.2) is 14.9 Å². The molecule has 25 heavy (non-hydrogen) atoms. The summed E-state index contributed by atoms with van der Waals surface area (Å²) in [6.45, 7) is 0. The van der Waals surface area contributed by atoms with Gasteiger partial charge in [-0.25, -0.2) is 4.68 Å². The van der Waals surface area contributed by atoms with Crippen molar-refractivity contribution in [2.45, 2.75) is 0 Å². The molecule has 0 atom stereocenters. The topological polar surface area (TPSA) is 60.9 Å². The maximum absolute atomic E-state index is 12.4. The minimum Gasteiger partial charge on any atom is -0.355 e. The van der Waals surface area contributed by atoms with E-state index >= 15 is 0 Å². The summed E-state index contributed by atoms with van der Waals surface area (Å²) < 4.78 is 6.73. The molecule has 2 heterocycles. The molecule has 2 aromatic carbocycles. The second kappa shape index (κ2) is 6.20. The van der Waals surface area contributed by atoms with Crippen LogP contribution in [0.4, 0.5) is 0 Å². The molecule has 0 amide bonds. The van der Waals surface area contributed by atoms with E-state index in [0.29, 0.717) is 16.8 Å². The molecular formula is C20H15N3O2. The van der Waals surface area contributed by atoms with Gasteiger partial charge in [-0.05, 0) is 11.6 Å². The lowest BCUT2D eigenvalue weighted by Gasteiger charge is -2.04. The molecule has 0 radical (unpaired) electrons. The summed E-state index contributed by atoms with van der Waals surface area (Å²) in [7, 11) is 1.61. The van der Waals surface area contributed by atoms with Gasteiger partial charge < -0.3 is 4.52 Å². The maximum atomic E-state index is 12.4. The van der Waals surface area contributed by atoms with Crippen LogP contribution in [0, 0.1) is 0 Å². The summed E-state index contributed by atoms with van der Waals surface area (Å²) in [5, 5.41) is 9.03. The molecule has 5 nitrogen and oxygen atoms in total. The van der Waals surface area contributed by atoms with Crippen LogP contribution in [0.25, 0.3) is 34.3 Å². The van der Waals surface area contributed by atoms with Gasteiger partial charge in [0.25, 0.3) is 5.56 Å². The highest BCUT2D eigenvalue weighted by Gasteiger charge is 2.18. The van der Waals surface area contributed by atoms with Gasteiger partial charge in [-0.2, -0.15) is 5.10 Å². The summed E-state index contributed by atoms with van der Waals surface area (Å²) in [4.78, 5) is 12.4. The van der Waals surface area contributed by atoms with Gasteiger partial charge in [0.2, 0.25) is 0 Å². The SMILES string of the molecule is Cn1nc(-c2ccccc2)c2c(/C=C/c3ccccc3)onc2c1=O. The minimum atomic E-state index is -0.280. The summed E-state index contributed by atoms with van der Waals surface area (Å²) in [5.74, 6) is 0.517. The number of hydrogen-bond acceptors (Lipinski definition) is 4. The monoisotopic (exact) mass is 329 g/mol. The highest BCUT2D eigenvalue weighted by atomic mass is 16.5. The number of rotatable bonds is 3. The first-order valence-electron chi connectivity index (χ1n) is 7.89. The quantitative estimate of drug-likeness (QED) is 0.574. The summed E-state index contributed by atoms with van der Waals surface area (Å²) >= 11 is 0. The Morgan fingerprint density at radius 2 is 1.64 bits per heavy atom. The van der Waals surface area contributed by atoms with Gasteiger partial charge in [0.05, 0.1) is 5.39 Å². The van der Waals surface area contributed by atoms with Crippen molar-refractivity contribution in [3.63, 3.8) is 0 Å². The Kier molecular flexibility index (Phi) is 3.74. The normalized spacial score (nSPS) is 11.4. The zero-order chi connectivity index (χ0) is 17.2. The maximum Gasteiger partial charge on any atom is 0.296 e. The van der Waals surface area contributed by atoms with Crippen LogP contribution < -0.4 is 5.56 Å². The second-order valence-corrected chi connectivity index (χ2v) is 5.66. The van der Waals surface area contributed by atoms with E-state index in [0.717, 1.165) is 11.1 Å². The third kappa shape index (κ3) is 2.76. The molecule has 0 aliphatic rings. The highest BCUT2D eigenvalue weighted by molar-refractivity contribution is 5.97. The van der Waals surface area contributed by atoms with Crippen LogP contribution in [0.2, 0.25) is 0 Å². The molecule has 0 N–H and O–H groups in total. The second-order valence-electron chi connectivity index (χ2n) is 5.66. The number of hydrogen-bond donors (Lipinski definition) is 0. The van der Waals surface area contributed by atoms with Crippen molar-refractivity contribution in [2.24, 2.45) is 7.05 Å². The molecule has 122 valence electrons. The van der Waals surface area contributed by atoms with Crippen molar-refractivity contribution in [1.82, 2.24) is 14.9 Å². The average molecular weight is 329 g/mol. The van der Waals surface area contributed by atoms with Crippen LogP contribution in [0.5, 0.6) is 0 Å². The molecule has 0 fully saturated rings. The van der Waals surface area contributed by atoms with Gasteiger partial charge in [-0.1, -0.05) is 71.9 Å². The Morgan fingerprint density at radius 3 is 2.36 bits per heavy atom. The first-order valence-corrected chi connectivity index (χ1v) is 7.89. The van der Waals surface area contributed by atoms with E-state index in [9.17, 15) is 4.79 Å². The molecule has 0 unspecified atom stereocenters. The van der Waals surface area contributed by atoms with E-state index in [2.05, 4.69) is 10.3 Å². The number of aryl methyl sites for hydroxylation is 1. The first kappa shape index (κ1) is 15.1. The number of aromatic nitrogens is 3. The molecule has 5 heteroatoms. The Labute approximate surface area is 143 Å². The van der Waals surface area contributed by atoms with Gasteiger partial charge in [0.1, 0.15) is 5.69 Å². The van der Waals surface area contributed by atoms with E-state index in [1.807, 2.05) is 72.8 Å². The fourth-order valence-electron chi connectivity index (χ4n) is 2.72. The molecule has 0 spiro atoms. The van der Waals surface area contributed by atoms with Crippen molar-refractivity contribution in [2.75, 3.05) is 0 Å².